The van der Waals surface area contributed by atoms with Gasteiger partial charge >= 0.3 is 6.03 Å². The highest BCUT2D eigenvalue weighted by atomic mass is 32.2. The van der Waals surface area contributed by atoms with Crippen molar-refractivity contribution >= 4 is 39.3 Å². The number of anilines is 1. The van der Waals surface area contributed by atoms with Crippen LogP contribution >= 0.6 is 0 Å². The fourth-order valence-corrected chi connectivity index (χ4v) is 4.83. The molecule has 1 aromatic carbocycles. The first-order chi connectivity index (χ1) is 13.3. The Labute approximate surface area is 163 Å². The van der Waals surface area contributed by atoms with Crippen molar-refractivity contribution < 1.29 is 22.8 Å². The Bertz CT molecular complexity index is 933. The Morgan fingerprint density at radius 1 is 1.14 bits per heavy atom. The van der Waals surface area contributed by atoms with Gasteiger partial charge in [0.2, 0.25) is 10.0 Å². The van der Waals surface area contributed by atoms with Crippen LogP contribution in [0.3, 0.4) is 0 Å². The fraction of sp³-hybridized carbons (Fsp3) is 0.444. The molecule has 2 N–H and O–H groups in total. The van der Waals surface area contributed by atoms with Gasteiger partial charge in [0.15, 0.2) is 5.25 Å². The number of hydrogen-bond acceptors (Lipinski definition) is 5. The minimum atomic E-state index is -4.27. The summed E-state index contributed by atoms with van der Waals surface area (Å²) in [5, 5.41) is 0.241. The van der Waals surface area contributed by atoms with Gasteiger partial charge in [-0.15, -0.1) is 0 Å². The smallest absolute Gasteiger partial charge is 0.339 e. The molecule has 0 aliphatic carbocycles. The number of nitrogens with zero attached hydrogens (tertiary/aromatic N) is 2. The van der Waals surface area contributed by atoms with Gasteiger partial charge in [0.25, 0.3) is 11.8 Å². The Hall–Kier alpha value is -2.75. The number of sulfonamides is 1. The van der Waals surface area contributed by atoms with Gasteiger partial charge in [0.05, 0.1) is 17.0 Å². The first-order valence-electron chi connectivity index (χ1n) is 9.09. The summed E-state index contributed by atoms with van der Waals surface area (Å²) in [5.74, 6) is -1.23. The van der Waals surface area contributed by atoms with Crippen LogP contribution in [0.5, 0.6) is 0 Å². The number of likely N-dealkylation sites (tertiary alicyclic amines) is 1. The average molecular weight is 406 g/mol. The molecule has 2 aliphatic rings. The van der Waals surface area contributed by atoms with Crippen molar-refractivity contribution in [3.05, 3.63) is 29.8 Å². The molecule has 1 fully saturated rings. The van der Waals surface area contributed by atoms with Crippen LogP contribution in [0.1, 0.15) is 43.0 Å². The summed E-state index contributed by atoms with van der Waals surface area (Å²) < 4.78 is 27.9. The number of nitrogens with one attached hydrogen (secondary N) is 2. The highest BCUT2D eigenvalue weighted by Crippen LogP contribution is 2.22. The zero-order valence-electron chi connectivity index (χ0n) is 15.5. The average Bonchev–Trinajstić information content (AvgIpc) is 2.89. The maximum Gasteiger partial charge on any atom is 0.347 e. The Balaban J connectivity index is 1.88. The monoisotopic (exact) mass is 406 g/mol. The predicted molar refractivity (Wildman–Crippen MR) is 104 cm³/mol. The van der Waals surface area contributed by atoms with Crippen molar-refractivity contribution in [2.45, 2.75) is 37.9 Å². The topological polar surface area (TPSA) is 125 Å². The predicted octanol–water partition coefficient (Wildman–Crippen LogP) is 1.52. The zero-order valence-corrected chi connectivity index (χ0v) is 16.3. The highest BCUT2D eigenvalue weighted by molar-refractivity contribution is 7.94. The number of imide groups is 1. The summed E-state index contributed by atoms with van der Waals surface area (Å²) in [4.78, 5) is 41.5. The van der Waals surface area contributed by atoms with E-state index >= 15 is 0 Å². The van der Waals surface area contributed by atoms with Crippen LogP contribution in [0.2, 0.25) is 0 Å². The maximum absolute atomic E-state index is 13.0. The van der Waals surface area contributed by atoms with Crippen molar-refractivity contribution in [1.82, 2.24) is 10.2 Å². The lowest BCUT2D eigenvalue weighted by Crippen LogP contribution is -2.51. The molecule has 2 heterocycles. The quantitative estimate of drug-likeness (QED) is 0.784. The first-order valence-corrected chi connectivity index (χ1v) is 10.6. The molecule has 1 unspecified atom stereocenters. The number of para-hydroxylation sites is 1. The molecule has 150 valence electrons. The van der Waals surface area contributed by atoms with E-state index in [1.165, 1.54) is 13.0 Å². The highest BCUT2D eigenvalue weighted by Gasteiger charge is 2.40. The van der Waals surface area contributed by atoms with Gasteiger partial charge in [-0.05, 0) is 31.9 Å². The van der Waals surface area contributed by atoms with Crippen LogP contribution in [0.4, 0.5) is 10.5 Å². The van der Waals surface area contributed by atoms with Gasteiger partial charge in [0, 0.05) is 13.1 Å². The third kappa shape index (κ3) is 4.22. The minimum Gasteiger partial charge on any atom is -0.339 e. The lowest BCUT2D eigenvalue weighted by Gasteiger charge is -2.24. The van der Waals surface area contributed by atoms with E-state index in [9.17, 15) is 22.8 Å². The van der Waals surface area contributed by atoms with Gasteiger partial charge in [-0.1, -0.05) is 25.0 Å². The van der Waals surface area contributed by atoms with E-state index in [1.54, 1.807) is 23.1 Å². The minimum absolute atomic E-state index is 0.0919. The molecule has 28 heavy (non-hydrogen) atoms. The third-order valence-electron chi connectivity index (χ3n) is 4.74. The van der Waals surface area contributed by atoms with Crippen LogP contribution in [-0.4, -0.2) is 55.2 Å². The number of carbonyl (C=O) groups is 3. The van der Waals surface area contributed by atoms with E-state index in [0.717, 1.165) is 25.7 Å². The molecule has 0 saturated carbocycles. The summed E-state index contributed by atoms with van der Waals surface area (Å²) in [6, 6.07) is 5.38. The second-order valence-electron chi connectivity index (χ2n) is 6.83. The molecule has 10 heteroatoms. The van der Waals surface area contributed by atoms with Crippen LogP contribution in [-0.2, 0) is 14.8 Å². The van der Waals surface area contributed by atoms with Gasteiger partial charge < -0.3 is 4.90 Å². The molecule has 0 bridgehead atoms. The molecule has 9 nitrogen and oxygen atoms in total. The summed E-state index contributed by atoms with van der Waals surface area (Å²) in [6.07, 6.45) is 3.94. The van der Waals surface area contributed by atoms with Gasteiger partial charge in [-0.25, -0.2) is 18.2 Å². The molecule has 0 radical (unpaired) electrons. The number of urea groups is 1. The Morgan fingerprint density at radius 2 is 1.79 bits per heavy atom. The van der Waals surface area contributed by atoms with E-state index in [-0.39, 0.29) is 22.9 Å². The molecular formula is C18H22N4O5S. The van der Waals surface area contributed by atoms with E-state index in [2.05, 4.69) is 9.71 Å². The van der Waals surface area contributed by atoms with E-state index in [1.807, 2.05) is 5.32 Å². The normalized spacial score (nSPS) is 20.8. The Kier molecular flexibility index (Phi) is 5.78. The van der Waals surface area contributed by atoms with Crippen LogP contribution in [0.15, 0.2) is 29.3 Å². The molecule has 3 rings (SSSR count). The number of carbonyl (C=O) groups excluding carboxylic acids is 3. The number of amides is 4. The maximum atomic E-state index is 13.0. The van der Waals surface area contributed by atoms with Gasteiger partial charge in [0.1, 0.15) is 0 Å². The lowest BCUT2D eigenvalue weighted by atomic mass is 10.1. The summed E-state index contributed by atoms with van der Waals surface area (Å²) in [5.41, 5.74) is 0.182. The van der Waals surface area contributed by atoms with Gasteiger partial charge in [-0.3, -0.25) is 19.6 Å². The molecule has 2 aliphatic heterocycles. The number of hydrogen-bond donors (Lipinski definition) is 2. The first kappa shape index (κ1) is 20.0. The van der Waals surface area contributed by atoms with Crippen molar-refractivity contribution in [2.75, 3.05) is 17.8 Å². The van der Waals surface area contributed by atoms with Crippen molar-refractivity contribution in [2.24, 2.45) is 4.99 Å². The number of benzene rings is 1. The Morgan fingerprint density at radius 3 is 2.43 bits per heavy atom. The molecule has 4 amide bonds. The molecule has 1 saturated heterocycles. The summed E-state index contributed by atoms with van der Waals surface area (Å²) in [6.45, 7) is 2.55. The molecule has 1 aromatic rings. The SMILES string of the molecule is CC1=NC(=O)NC(=O)C1S(=O)(=O)Nc1ccccc1C(=O)N1CCCCCC1. The van der Waals surface area contributed by atoms with E-state index < -0.39 is 27.2 Å². The van der Waals surface area contributed by atoms with Crippen LogP contribution in [0, 0.1) is 0 Å². The lowest BCUT2D eigenvalue weighted by molar-refractivity contribution is -0.118. The van der Waals surface area contributed by atoms with Crippen molar-refractivity contribution in [3.8, 4) is 0 Å². The van der Waals surface area contributed by atoms with E-state index in [0.29, 0.717) is 13.1 Å². The summed E-state index contributed by atoms with van der Waals surface area (Å²) >= 11 is 0. The zero-order chi connectivity index (χ0) is 20.3. The molecule has 1 atom stereocenters. The second kappa shape index (κ2) is 8.09. The van der Waals surface area contributed by atoms with Gasteiger partial charge in [-0.2, -0.15) is 0 Å². The van der Waals surface area contributed by atoms with Crippen LogP contribution in [0.25, 0.3) is 0 Å². The number of aliphatic imine (C=N–C) groups is 1. The van der Waals surface area contributed by atoms with Crippen molar-refractivity contribution in [3.63, 3.8) is 0 Å². The fourth-order valence-electron chi connectivity index (χ4n) is 3.39. The van der Waals surface area contributed by atoms with Crippen molar-refractivity contribution in [1.29, 1.82) is 0 Å². The third-order valence-corrected chi connectivity index (χ3v) is 6.42. The second-order valence-corrected chi connectivity index (χ2v) is 8.59. The molecular weight excluding hydrogens is 384 g/mol. The standard InChI is InChI=1S/C18H22N4O5S/c1-12-15(16(23)20-18(25)19-12)28(26,27)21-14-9-5-4-8-13(14)17(24)22-10-6-2-3-7-11-22/h4-5,8-9,15,21H,2-3,6-7,10-11H2,1H3,(H,20,23,25). The molecule has 0 aromatic heterocycles. The largest absolute Gasteiger partial charge is 0.347 e. The number of rotatable bonds is 4. The molecule has 0 spiro atoms. The van der Waals surface area contributed by atoms with E-state index in [4.69, 9.17) is 0 Å². The summed E-state index contributed by atoms with van der Waals surface area (Å²) in [7, 11) is -4.27. The van der Waals surface area contributed by atoms with Crippen LogP contribution < -0.4 is 10.0 Å².